The van der Waals surface area contributed by atoms with Gasteiger partial charge in [0.2, 0.25) is 0 Å². The van der Waals surface area contributed by atoms with Crippen molar-refractivity contribution in [3.63, 3.8) is 0 Å². The van der Waals surface area contributed by atoms with Crippen molar-refractivity contribution < 1.29 is 14.6 Å². The molecule has 1 saturated heterocycles. The van der Waals surface area contributed by atoms with Crippen LogP contribution in [0, 0.1) is 6.92 Å². The summed E-state index contributed by atoms with van der Waals surface area (Å²) in [6, 6.07) is 12.9. The van der Waals surface area contributed by atoms with Gasteiger partial charge in [0, 0.05) is 19.4 Å². The van der Waals surface area contributed by atoms with E-state index in [2.05, 4.69) is 62.5 Å². The Hall–Kier alpha value is -2.04. The number of ether oxygens (including phenoxy) is 2. The highest BCUT2D eigenvalue weighted by molar-refractivity contribution is 5.59. The van der Waals surface area contributed by atoms with Gasteiger partial charge in [-0.05, 0) is 61.6 Å². The molecule has 27 heavy (non-hydrogen) atoms. The van der Waals surface area contributed by atoms with Gasteiger partial charge in [-0.2, -0.15) is 0 Å². The average molecular weight is 367 g/mol. The van der Waals surface area contributed by atoms with E-state index in [0.717, 1.165) is 36.6 Å². The molecule has 0 spiro atoms. The summed E-state index contributed by atoms with van der Waals surface area (Å²) in [6.45, 7) is 7.83. The Kier molecular flexibility index (Phi) is 4.87. The third-order valence-corrected chi connectivity index (χ3v) is 5.53. The summed E-state index contributed by atoms with van der Waals surface area (Å²) in [7, 11) is 0. The normalized spacial score (nSPS) is 23.9. The zero-order valence-corrected chi connectivity index (χ0v) is 16.4. The van der Waals surface area contributed by atoms with Gasteiger partial charge in [0.05, 0.1) is 23.5 Å². The summed E-state index contributed by atoms with van der Waals surface area (Å²) in [5, 5.41) is 13.7. The van der Waals surface area contributed by atoms with Crippen LogP contribution in [0.2, 0.25) is 0 Å². The predicted octanol–water partition coefficient (Wildman–Crippen LogP) is 4.38. The average Bonchev–Trinajstić information content (AvgIpc) is 2.62. The van der Waals surface area contributed by atoms with Gasteiger partial charge in [-0.3, -0.25) is 0 Å². The molecular weight excluding hydrogens is 338 g/mol. The first kappa shape index (κ1) is 18.3. The molecule has 0 amide bonds. The molecule has 2 atom stereocenters. The van der Waals surface area contributed by atoms with Gasteiger partial charge in [0.15, 0.2) is 0 Å². The molecule has 144 valence electrons. The van der Waals surface area contributed by atoms with E-state index in [1.165, 1.54) is 16.7 Å². The smallest absolute Gasteiger partial charge is 0.142 e. The van der Waals surface area contributed by atoms with E-state index in [9.17, 15) is 5.11 Å². The molecule has 0 aromatic heterocycles. The van der Waals surface area contributed by atoms with E-state index in [-0.39, 0.29) is 17.8 Å². The van der Waals surface area contributed by atoms with Crippen LogP contribution in [-0.2, 0) is 11.2 Å². The largest absolute Gasteiger partial charge is 0.490 e. The fourth-order valence-corrected chi connectivity index (χ4v) is 4.18. The third kappa shape index (κ3) is 4.12. The fraction of sp³-hybridized carbons (Fsp3) is 0.478. The first-order valence-electron chi connectivity index (χ1n) is 9.84. The minimum atomic E-state index is -0.310. The lowest BCUT2D eigenvalue weighted by atomic mass is 9.88. The van der Waals surface area contributed by atoms with Crippen molar-refractivity contribution in [3.8, 4) is 5.75 Å². The molecule has 2 aliphatic rings. The number of hydrogen-bond donors (Lipinski definition) is 2. The standard InChI is InChI=1S/C23H29NO3/c1-15-4-6-17(22-13-19(25)14-23(2,3)27-22)12-18(15)10-16-5-7-21-20(11-16)24-8-9-26-21/h4-7,11-12,19,22,24-25H,8-10,13-14H2,1-3H3. The highest BCUT2D eigenvalue weighted by atomic mass is 16.5. The van der Waals surface area contributed by atoms with Gasteiger partial charge >= 0.3 is 0 Å². The Morgan fingerprint density at radius 1 is 1.19 bits per heavy atom. The van der Waals surface area contributed by atoms with E-state index in [0.29, 0.717) is 12.8 Å². The second kappa shape index (κ2) is 7.17. The lowest BCUT2D eigenvalue weighted by Gasteiger charge is -2.39. The summed E-state index contributed by atoms with van der Waals surface area (Å²) in [5.74, 6) is 0.933. The Morgan fingerprint density at radius 3 is 2.85 bits per heavy atom. The second-order valence-electron chi connectivity index (χ2n) is 8.43. The second-order valence-corrected chi connectivity index (χ2v) is 8.43. The van der Waals surface area contributed by atoms with Crippen molar-refractivity contribution in [2.24, 2.45) is 0 Å². The number of hydrogen-bond acceptors (Lipinski definition) is 4. The SMILES string of the molecule is Cc1ccc(C2CC(O)CC(C)(C)O2)cc1Cc1ccc2c(c1)NCCO2. The maximum atomic E-state index is 10.2. The van der Waals surface area contributed by atoms with Gasteiger partial charge in [-0.1, -0.05) is 24.3 Å². The molecule has 2 aromatic rings. The molecule has 0 radical (unpaired) electrons. The number of aryl methyl sites for hydroxylation is 1. The predicted molar refractivity (Wildman–Crippen MR) is 108 cm³/mol. The molecule has 4 heteroatoms. The first-order chi connectivity index (χ1) is 12.9. The van der Waals surface area contributed by atoms with Crippen LogP contribution in [0.5, 0.6) is 5.75 Å². The molecule has 2 heterocycles. The molecule has 1 fully saturated rings. The number of benzene rings is 2. The van der Waals surface area contributed by atoms with Crippen molar-refractivity contribution in [1.29, 1.82) is 0 Å². The molecule has 2 aromatic carbocycles. The van der Waals surface area contributed by atoms with Crippen LogP contribution >= 0.6 is 0 Å². The summed E-state index contributed by atoms with van der Waals surface area (Å²) >= 11 is 0. The zero-order valence-electron chi connectivity index (χ0n) is 16.4. The van der Waals surface area contributed by atoms with Crippen LogP contribution in [0.4, 0.5) is 5.69 Å². The summed E-state index contributed by atoms with van der Waals surface area (Å²) in [6.07, 6.45) is 1.85. The van der Waals surface area contributed by atoms with E-state index in [1.807, 2.05) is 0 Å². The quantitative estimate of drug-likeness (QED) is 0.845. The van der Waals surface area contributed by atoms with Gasteiger partial charge in [0.25, 0.3) is 0 Å². The maximum absolute atomic E-state index is 10.2. The van der Waals surface area contributed by atoms with Gasteiger partial charge in [-0.15, -0.1) is 0 Å². The van der Waals surface area contributed by atoms with Crippen LogP contribution in [-0.4, -0.2) is 30.0 Å². The lowest BCUT2D eigenvalue weighted by molar-refractivity contribution is -0.146. The Morgan fingerprint density at radius 2 is 2.04 bits per heavy atom. The number of anilines is 1. The van der Waals surface area contributed by atoms with E-state index >= 15 is 0 Å². The van der Waals surface area contributed by atoms with Crippen LogP contribution in [0.3, 0.4) is 0 Å². The molecular formula is C23H29NO3. The molecule has 2 N–H and O–H groups in total. The molecule has 0 aliphatic carbocycles. The molecule has 4 nitrogen and oxygen atoms in total. The van der Waals surface area contributed by atoms with Crippen LogP contribution in [0.15, 0.2) is 36.4 Å². The van der Waals surface area contributed by atoms with Crippen molar-refractivity contribution in [1.82, 2.24) is 0 Å². The Bertz CT molecular complexity index is 830. The van der Waals surface area contributed by atoms with Crippen LogP contribution in [0.1, 0.15) is 55.0 Å². The van der Waals surface area contributed by atoms with Gasteiger partial charge in [-0.25, -0.2) is 0 Å². The summed E-state index contributed by atoms with van der Waals surface area (Å²) in [5.41, 5.74) is 5.77. The first-order valence-corrected chi connectivity index (χ1v) is 9.84. The maximum Gasteiger partial charge on any atom is 0.142 e. The van der Waals surface area contributed by atoms with E-state index in [1.54, 1.807) is 0 Å². The molecule has 4 rings (SSSR count). The van der Waals surface area contributed by atoms with Crippen LogP contribution < -0.4 is 10.1 Å². The van der Waals surface area contributed by atoms with Crippen molar-refractivity contribution >= 4 is 5.69 Å². The molecule has 2 aliphatic heterocycles. The van der Waals surface area contributed by atoms with Gasteiger partial charge < -0.3 is 19.9 Å². The Balaban J connectivity index is 1.58. The minimum Gasteiger partial charge on any atom is -0.490 e. The highest BCUT2D eigenvalue weighted by Gasteiger charge is 2.34. The van der Waals surface area contributed by atoms with Crippen molar-refractivity contribution in [2.45, 2.75) is 57.8 Å². The van der Waals surface area contributed by atoms with E-state index in [4.69, 9.17) is 9.47 Å². The van der Waals surface area contributed by atoms with Crippen LogP contribution in [0.25, 0.3) is 0 Å². The van der Waals surface area contributed by atoms with Gasteiger partial charge in [0.1, 0.15) is 12.4 Å². The Labute approximate surface area is 161 Å². The van der Waals surface area contributed by atoms with Crippen molar-refractivity contribution in [2.75, 3.05) is 18.5 Å². The fourth-order valence-electron chi connectivity index (χ4n) is 4.18. The van der Waals surface area contributed by atoms with E-state index < -0.39 is 0 Å². The number of nitrogens with one attached hydrogen (secondary N) is 1. The number of aliphatic hydroxyl groups is 1. The minimum absolute atomic E-state index is 0.0540. The zero-order chi connectivity index (χ0) is 19.0. The van der Waals surface area contributed by atoms with Crippen molar-refractivity contribution in [3.05, 3.63) is 58.7 Å². The molecule has 0 saturated carbocycles. The monoisotopic (exact) mass is 367 g/mol. The number of fused-ring (bicyclic) bond motifs is 1. The number of rotatable bonds is 3. The highest BCUT2D eigenvalue weighted by Crippen LogP contribution is 2.38. The summed E-state index contributed by atoms with van der Waals surface area (Å²) in [4.78, 5) is 0. The topological polar surface area (TPSA) is 50.7 Å². The molecule has 0 bridgehead atoms. The number of aliphatic hydroxyl groups excluding tert-OH is 1. The third-order valence-electron chi connectivity index (χ3n) is 5.53. The lowest BCUT2D eigenvalue weighted by Crippen LogP contribution is -2.38. The summed E-state index contributed by atoms with van der Waals surface area (Å²) < 4.78 is 11.9. The molecule has 2 unspecified atom stereocenters.